The second-order valence-corrected chi connectivity index (χ2v) is 16.0. The third-order valence-electron chi connectivity index (χ3n) is 11.3. The number of fused-ring (bicyclic) bond motifs is 2. The van der Waals surface area contributed by atoms with Crippen LogP contribution in [0.15, 0.2) is 30.5 Å². The van der Waals surface area contributed by atoms with E-state index in [9.17, 15) is 24.4 Å². The molecule has 0 bridgehead atoms. The lowest BCUT2D eigenvalue weighted by Crippen LogP contribution is -2.54. The smallest absolute Gasteiger partial charge is 0.265 e. The van der Waals surface area contributed by atoms with Crippen LogP contribution >= 0.6 is 23.2 Å². The summed E-state index contributed by atoms with van der Waals surface area (Å²) in [6, 6.07) is 6.80. The van der Waals surface area contributed by atoms with Crippen LogP contribution in [0.3, 0.4) is 0 Å². The molecule has 4 aliphatic rings. The number of pyridine rings is 1. The Morgan fingerprint density at radius 1 is 0.891 bits per heavy atom. The van der Waals surface area contributed by atoms with E-state index in [0.717, 1.165) is 0 Å². The van der Waals surface area contributed by atoms with Crippen molar-refractivity contribution >= 4 is 74.8 Å². The molecule has 0 radical (unpaired) electrons. The number of likely N-dealkylation sites (tertiary alicyclic amines) is 1. The maximum Gasteiger partial charge on any atom is 0.265 e. The summed E-state index contributed by atoms with van der Waals surface area (Å²) in [5.74, 6) is -11.6. The Morgan fingerprint density at radius 3 is 2.27 bits per heavy atom. The zero-order valence-corrected chi connectivity index (χ0v) is 35.6. The minimum Gasteiger partial charge on any atom is -0.495 e. The van der Waals surface area contributed by atoms with Crippen molar-refractivity contribution in [1.29, 1.82) is 5.26 Å². The quantitative estimate of drug-likeness (QED) is 0.0872. The van der Waals surface area contributed by atoms with Crippen molar-refractivity contribution in [2.24, 2.45) is 5.92 Å². The number of benzene rings is 3. The van der Waals surface area contributed by atoms with Gasteiger partial charge in [-0.3, -0.25) is 39.3 Å². The number of nitrogens with one attached hydrogen (secondary N) is 2. The van der Waals surface area contributed by atoms with Crippen LogP contribution in [0.5, 0.6) is 17.2 Å². The third-order valence-corrected chi connectivity index (χ3v) is 11.9. The minimum atomic E-state index is -3.90. The summed E-state index contributed by atoms with van der Waals surface area (Å²) in [6.45, 7) is -14.0. The summed E-state index contributed by atoms with van der Waals surface area (Å²) in [6.07, 6.45) is 1.71. The fourth-order valence-electron chi connectivity index (χ4n) is 8.00. The van der Waals surface area contributed by atoms with Gasteiger partial charge in [0.05, 0.1) is 69.9 Å². The highest BCUT2D eigenvalue weighted by molar-refractivity contribution is 6.37. The number of carbonyl (C=O) groups excluding carboxylic acids is 4. The highest BCUT2D eigenvalue weighted by Gasteiger charge is 2.49. The predicted octanol–water partition coefficient (Wildman–Crippen LogP) is 6.30. The van der Waals surface area contributed by atoms with Gasteiger partial charge in [0.2, 0.25) is 11.8 Å². The van der Waals surface area contributed by atoms with Crippen LogP contribution in [0.25, 0.3) is 10.9 Å². The van der Waals surface area contributed by atoms with Gasteiger partial charge < -0.3 is 29.3 Å². The number of halogens is 5. The second-order valence-electron chi connectivity index (χ2n) is 15.1. The van der Waals surface area contributed by atoms with Crippen LogP contribution in [0.2, 0.25) is 10.0 Å². The molecule has 4 amide bonds. The predicted molar refractivity (Wildman–Crippen MR) is 230 cm³/mol. The van der Waals surface area contributed by atoms with Crippen molar-refractivity contribution in [3.63, 3.8) is 0 Å². The van der Waals surface area contributed by atoms with Gasteiger partial charge in [-0.15, -0.1) is 0 Å². The van der Waals surface area contributed by atoms with Crippen molar-refractivity contribution < 1.29 is 57.5 Å². The van der Waals surface area contributed by atoms with Crippen molar-refractivity contribution in [2.75, 3.05) is 83.2 Å². The van der Waals surface area contributed by atoms with E-state index in [2.05, 4.69) is 21.3 Å². The number of piperazine rings is 1. The van der Waals surface area contributed by atoms with E-state index < -0.39 is 114 Å². The molecule has 4 aromatic rings. The number of hydrogen-bond acceptors (Lipinski definition) is 13. The number of carbonyl (C=O) groups is 4. The van der Waals surface area contributed by atoms with Gasteiger partial charge in [0.15, 0.2) is 29.0 Å². The molecule has 336 valence electrons. The van der Waals surface area contributed by atoms with Crippen LogP contribution in [0.1, 0.15) is 69.3 Å². The molecule has 0 aliphatic carbocycles. The lowest BCUT2D eigenvalue weighted by atomic mass is 9.95. The summed E-state index contributed by atoms with van der Waals surface area (Å²) < 4.78 is 137. The molecule has 3 fully saturated rings. The van der Waals surface area contributed by atoms with Crippen LogP contribution in [-0.4, -0.2) is 122 Å². The van der Waals surface area contributed by atoms with Gasteiger partial charge in [0.1, 0.15) is 23.5 Å². The van der Waals surface area contributed by atoms with Crippen LogP contribution in [0, 0.1) is 34.7 Å². The Kier molecular flexibility index (Phi) is 10.4. The Labute approximate surface area is 387 Å². The first-order valence-electron chi connectivity index (χ1n) is 23.9. The van der Waals surface area contributed by atoms with E-state index in [4.69, 9.17) is 48.4 Å². The fraction of sp³-hybridized carbons (Fsp3) is 0.409. The van der Waals surface area contributed by atoms with Crippen molar-refractivity contribution in [3.05, 3.63) is 74.6 Å². The number of anilines is 3. The van der Waals surface area contributed by atoms with E-state index in [-0.39, 0.29) is 28.5 Å². The largest absolute Gasteiger partial charge is 0.495 e. The number of amides is 4. The molecule has 20 heteroatoms. The number of imide groups is 2. The topological polar surface area (TPSA) is 170 Å². The second kappa shape index (κ2) is 18.7. The molecule has 8 rings (SSSR count). The van der Waals surface area contributed by atoms with Crippen LogP contribution < -0.4 is 29.7 Å². The number of ether oxygens (including phenoxy) is 3. The summed E-state index contributed by atoms with van der Waals surface area (Å²) in [7, 11) is 2.91. The zero-order chi connectivity index (χ0) is 52.6. The summed E-state index contributed by atoms with van der Waals surface area (Å²) >= 11 is 12.7. The SMILES string of the molecule is [2H]C1([2H])N(CC2CCN(CCCOc3cc4ncc(C#N)c(Nc5cc(OC)c(Cl)cc5Cl)c4cc3OC)CC2)C([2H])([2H])C([2H])([2H])N(c2c(F)c(F)c3c(c2F)C(=O)N(C2CCC(=O)NC2=O)C3=O)C1([2H])[2H]. The van der Waals surface area contributed by atoms with E-state index in [1.165, 1.54) is 26.5 Å². The van der Waals surface area contributed by atoms with Gasteiger partial charge in [-0.2, -0.15) is 5.26 Å². The molecule has 3 aromatic carbocycles. The van der Waals surface area contributed by atoms with Crippen LogP contribution in [0.4, 0.5) is 30.2 Å². The van der Waals surface area contributed by atoms with Gasteiger partial charge in [-0.25, -0.2) is 13.2 Å². The molecule has 3 saturated heterocycles. The molecule has 1 unspecified atom stereocenters. The average Bonchev–Trinajstić information content (AvgIpc) is 3.59. The Bertz CT molecular complexity index is 2960. The highest BCUT2D eigenvalue weighted by atomic mass is 35.5. The van der Waals surface area contributed by atoms with E-state index >= 15 is 13.2 Å². The molecule has 4 aliphatic heterocycles. The molecular weight excluding hydrogens is 880 g/mol. The molecule has 1 aromatic heterocycles. The molecule has 0 saturated carbocycles. The lowest BCUT2D eigenvalue weighted by molar-refractivity contribution is -0.136. The maximum atomic E-state index is 16.6. The Hall–Kier alpha value is -5.87. The molecule has 15 nitrogen and oxygen atoms in total. The fourth-order valence-corrected chi connectivity index (χ4v) is 8.51. The molecule has 1 atom stereocenters. The lowest BCUT2D eigenvalue weighted by Gasteiger charge is -2.39. The molecule has 5 heterocycles. The number of hydrogen-bond donors (Lipinski definition) is 2. The van der Waals surface area contributed by atoms with Crippen molar-refractivity contribution in [2.45, 2.75) is 38.1 Å². The van der Waals surface area contributed by atoms with E-state index in [1.807, 2.05) is 5.32 Å². The highest BCUT2D eigenvalue weighted by Crippen LogP contribution is 2.42. The first kappa shape index (κ1) is 35.5. The number of methoxy groups -OCH3 is 2. The van der Waals surface area contributed by atoms with Gasteiger partial charge in [0, 0.05) is 74.7 Å². The van der Waals surface area contributed by atoms with E-state index in [0.29, 0.717) is 88.3 Å². The Balaban J connectivity index is 0.931. The number of aromatic nitrogens is 1. The van der Waals surface area contributed by atoms with Gasteiger partial charge >= 0.3 is 0 Å². The van der Waals surface area contributed by atoms with Crippen molar-refractivity contribution in [1.82, 2.24) is 25.0 Å². The molecule has 64 heavy (non-hydrogen) atoms. The summed E-state index contributed by atoms with van der Waals surface area (Å²) in [5.41, 5.74) is -3.51. The number of rotatable bonds is 13. The maximum absolute atomic E-state index is 16.6. The minimum absolute atomic E-state index is 0.101. The first-order valence-corrected chi connectivity index (χ1v) is 20.7. The average molecular weight is 932 g/mol. The third kappa shape index (κ3) is 8.57. The van der Waals surface area contributed by atoms with Gasteiger partial charge in [-0.05, 0) is 56.8 Å². The first-order chi connectivity index (χ1) is 33.8. The molecular formula is C44H43Cl2F3N8O7. The van der Waals surface area contributed by atoms with Gasteiger partial charge in [0.25, 0.3) is 11.8 Å². The Morgan fingerprint density at radius 2 is 1.59 bits per heavy atom. The zero-order valence-electron chi connectivity index (χ0n) is 42.0. The summed E-state index contributed by atoms with van der Waals surface area (Å²) in [4.78, 5) is 57.4. The normalized spacial score (nSPS) is 23.6. The number of piperidine rings is 2. The van der Waals surface area contributed by atoms with Crippen molar-refractivity contribution in [3.8, 4) is 23.3 Å². The number of nitrogens with zero attached hydrogens (tertiary/aromatic N) is 6. The standard InChI is InChI=1S/C44H43Cl2F3N8O7/c1-62-31-19-29(26(45)17-27(31)46)52-40-24(20-50)21-51-28-18-33(32(63-2)16-25(28)40)64-15-3-8-54-9-6-23(7-10-54)22-55-11-13-56(14-12-55)41-38(48)36-35(37(47)39(41)49)43(60)57(44(36)61)30-4-5-34(58)53-42(30)59/h16-19,21,23,30H,3-15,22H2,1-2H3,(H,51,52)(H,53,58,59)/i11D2,12D2,13D2,14D2. The van der Waals surface area contributed by atoms with Crippen LogP contribution in [-0.2, 0) is 9.59 Å². The van der Waals surface area contributed by atoms with Gasteiger partial charge in [-0.1, -0.05) is 23.2 Å². The molecule has 0 spiro atoms. The molecule has 2 N–H and O–H groups in total. The number of nitriles is 1. The summed E-state index contributed by atoms with van der Waals surface area (Å²) in [5, 5.41) is 16.1. The monoisotopic (exact) mass is 930 g/mol. The van der Waals surface area contributed by atoms with E-state index in [1.54, 1.807) is 18.2 Å².